The smallest absolute Gasteiger partial charge is 0.228 e. The van der Waals surface area contributed by atoms with Crippen LogP contribution in [0.3, 0.4) is 0 Å². The second-order valence-corrected chi connectivity index (χ2v) is 6.69. The highest BCUT2D eigenvalue weighted by atomic mass is 79.9. The fourth-order valence-electron chi connectivity index (χ4n) is 2.80. The van der Waals surface area contributed by atoms with Crippen LogP contribution in [-0.2, 0) is 11.2 Å². The van der Waals surface area contributed by atoms with Crippen molar-refractivity contribution in [2.75, 3.05) is 5.32 Å². The molecule has 110 valence electrons. The minimum absolute atomic E-state index is 0.0101. The highest BCUT2D eigenvalue weighted by Gasteiger charge is 2.26. The molecule has 0 bridgehead atoms. The van der Waals surface area contributed by atoms with Gasteiger partial charge in [0, 0.05) is 16.3 Å². The van der Waals surface area contributed by atoms with Gasteiger partial charge in [0.2, 0.25) is 5.91 Å². The average molecular weight is 369 g/mol. The van der Waals surface area contributed by atoms with Gasteiger partial charge in [-0.2, -0.15) is 0 Å². The van der Waals surface area contributed by atoms with Gasteiger partial charge in [0.05, 0.1) is 11.2 Å². The Hall–Kier alpha value is -1.26. The molecule has 0 aliphatic carbocycles. The first kappa shape index (κ1) is 14.7. The van der Waals surface area contributed by atoms with Crippen LogP contribution in [0.25, 0.3) is 0 Å². The molecule has 1 amide bonds. The van der Waals surface area contributed by atoms with Crippen molar-refractivity contribution in [1.82, 2.24) is 0 Å². The van der Waals surface area contributed by atoms with Crippen LogP contribution in [0.4, 0.5) is 5.69 Å². The second kappa shape index (κ2) is 5.18. The first-order valence-corrected chi connectivity index (χ1v) is 8.00. The van der Waals surface area contributed by atoms with Crippen molar-refractivity contribution in [3.05, 3.63) is 50.9 Å². The van der Waals surface area contributed by atoms with Crippen LogP contribution in [0.15, 0.2) is 16.5 Å². The van der Waals surface area contributed by atoms with Gasteiger partial charge < -0.3 is 9.73 Å². The predicted octanol–water partition coefficient (Wildman–Crippen LogP) is 4.84. The van der Waals surface area contributed by atoms with Gasteiger partial charge in [0.25, 0.3) is 0 Å². The number of hydrogen-bond donors (Lipinski definition) is 1. The third-order valence-corrected chi connectivity index (χ3v) is 5.27. The summed E-state index contributed by atoms with van der Waals surface area (Å²) in [5, 5.41) is 3.45. The van der Waals surface area contributed by atoms with Crippen molar-refractivity contribution >= 4 is 39.1 Å². The molecule has 1 aliphatic heterocycles. The van der Waals surface area contributed by atoms with Crippen LogP contribution < -0.4 is 5.32 Å². The van der Waals surface area contributed by atoms with E-state index in [2.05, 4.69) is 21.2 Å². The Morgan fingerprint density at radius 3 is 2.62 bits per heavy atom. The van der Waals surface area contributed by atoms with E-state index in [9.17, 15) is 4.79 Å². The maximum atomic E-state index is 11.5. The predicted molar refractivity (Wildman–Crippen MR) is 87.5 cm³/mol. The molecule has 2 heterocycles. The summed E-state index contributed by atoms with van der Waals surface area (Å²) in [4.78, 5) is 11.4. The lowest BCUT2D eigenvalue weighted by molar-refractivity contribution is -0.115. The minimum atomic E-state index is -0.0524. The minimum Gasteiger partial charge on any atom is -0.466 e. The van der Waals surface area contributed by atoms with Crippen molar-refractivity contribution < 1.29 is 9.21 Å². The fourth-order valence-corrected chi connectivity index (χ4v) is 4.25. The molecule has 1 unspecified atom stereocenters. The zero-order valence-corrected chi connectivity index (χ0v) is 14.4. The van der Waals surface area contributed by atoms with Gasteiger partial charge in [-0.05, 0) is 43.5 Å². The number of nitrogens with one attached hydrogen (secondary N) is 1. The summed E-state index contributed by atoms with van der Waals surface area (Å²) < 4.78 is 5.70. The molecule has 1 atom stereocenters. The van der Waals surface area contributed by atoms with E-state index < -0.39 is 0 Å². The summed E-state index contributed by atoms with van der Waals surface area (Å²) in [6.45, 7) is 5.95. The summed E-state index contributed by atoms with van der Waals surface area (Å²) in [5.41, 5.74) is 4.98. The SMILES string of the molecule is Cc1oc(C)c(C(Br)c2cc3c(cc2Cl)NC(=O)C3)c1C. The van der Waals surface area contributed by atoms with Crippen molar-refractivity contribution in [3.63, 3.8) is 0 Å². The van der Waals surface area contributed by atoms with Crippen LogP contribution in [0.2, 0.25) is 5.02 Å². The first-order valence-electron chi connectivity index (χ1n) is 6.71. The molecule has 5 heteroatoms. The van der Waals surface area contributed by atoms with E-state index in [4.69, 9.17) is 16.0 Å². The summed E-state index contributed by atoms with van der Waals surface area (Å²) in [6.07, 6.45) is 0.404. The van der Waals surface area contributed by atoms with Gasteiger partial charge in [0.15, 0.2) is 0 Å². The molecular formula is C16H15BrClNO2. The maximum Gasteiger partial charge on any atom is 0.228 e. The number of fused-ring (bicyclic) bond motifs is 1. The quantitative estimate of drug-likeness (QED) is 0.771. The van der Waals surface area contributed by atoms with Gasteiger partial charge >= 0.3 is 0 Å². The summed E-state index contributed by atoms with van der Waals surface area (Å²) in [7, 11) is 0. The van der Waals surface area contributed by atoms with Crippen molar-refractivity contribution in [2.45, 2.75) is 32.0 Å². The number of rotatable bonds is 2. The molecule has 21 heavy (non-hydrogen) atoms. The van der Waals surface area contributed by atoms with Gasteiger partial charge in [-0.1, -0.05) is 33.6 Å². The molecule has 1 aromatic carbocycles. The summed E-state index contributed by atoms with van der Waals surface area (Å²) in [6, 6.07) is 3.82. The van der Waals surface area contributed by atoms with Crippen LogP contribution in [0, 0.1) is 20.8 Å². The third-order valence-electron chi connectivity index (χ3n) is 3.99. The lowest BCUT2D eigenvalue weighted by Gasteiger charge is -2.14. The Bertz CT molecular complexity index is 751. The molecule has 1 aromatic heterocycles. The first-order chi connectivity index (χ1) is 9.88. The van der Waals surface area contributed by atoms with Crippen molar-refractivity contribution in [3.8, 4) is 0 Å². The van der Waals surface area contributed by atoms with Crippen LogP contribution in [-0.4, -0.2) is 5.91 Å². The topological polar surface area (TPSA) is 42.2 Å². The van der Waals surface area contributed by atoms with E-state index in [1.54, 1.807) is 0 Å². The Labute approximate surface area is 136 Å². The largest absolute Gasteiger partial charge is 0.466 e. The normalized spacial score (nSPS) is 15.0. The molecule has 3 nitrogen and oxygen atoms in total. The molecule has 1 aliphatic rings. The highest BCUT2D eigenvalue weighted by molar-refractivity contribution is 9.09. The third kappa shape index (κ3) is 2.40. The maximum absolute atomic E-state index is 11.5. The Morgan fingerprint density at radius 1 is 1.29 bits per heavy atom. The number of furan rings is 1. The van der Waals surface area contributed by atoms with Gasteiger partial charge in [-0.25, -0.2) is 0 Å². The van der Waals surface area contributed by atoms with Crippen LogP contribution >= 0.6 is 27.5 Å². The molecule has 3 rings (SSSR count). The highest BCUT2D eigenvalue weighted by Crippen LogP contribution is 2.42. The zero-order valence-electron chi connectivity index (χ0n) is 12.0. The Morgan fingerprint density at radius 2 is 2.00 bits per heavy atom. The number of aryl methyl sites for hydroxylation is 2. The molecule has 0 saturated carbocycles. The number of alkyl halides is 1. The number of hydrogen-bond acceptors (Lipinski definition) is 2. The molecule has 0 spiro atoms. The number of anilines is 1. The average Bonchev–Trinajstić information content (AvgIpc) is 2.87. The van der Waals surface area contributed by atoms with Crippen molar-refractivity contribution in [1.29, 1.82) is 0 Å². The van der Waals surface area contributed by atoms with E-state index in [0.717, 1.165) is 39.5 Å². The van der Waals surface area contributed by atoms with E-state index in [1.807, 2.05) is 32.9 Å². The van der Waals surface area contributed by atoms with Gasteiger partial charge in [-0.15, -0.1) is 0 Å². The molecule has 2 aromatic rings. The van der Waals surface area contributed by atoms with E-state index in [0.29, 0.717) is 11.4 Å². The number of amides is 1. The Balaban J connectivity index is 2.08. The molecular weight excluding hydrogens is 354 g/mol. The van der Waals surface area contributed by atoms with Gasteiger partial charge in [0.1, 0.15) is 11.5 Å². The summed E-state index contributed by atoms with van der Waals surface area (Å²) >= 11 is 10.1. The van der Waals surface area contributed by atoms with Crippen LogP contribution in [0.1, 0.15) is 38.6 Å². The molecule has 0 fully saturated rings. The molecule has 0 saturated heterocycles. The van der Waals surface area contributed by atoms with E-state index >= 15 is 0 Å². The second-order valence-electron chi connectivity index (χ2n) is 5.37. The van der Waals surface area contributed by atoms with E-state index in [-0.39, 0.29) is 10.7 Å². The molecule has 0 radical (unpaired) electrons. The number of halogens is 2. The number of benzene rings is 1. The van der Waals surface area contributed by atoms with Crippen molar-refractivity contribution in [2.24, 2.45) is 0 Å². The Kier molecular flexibility index (Phi) is 3.62. The number of carbonyl (C=O) groups excluding carboxylic acids is 1. The van der Waals surface area contributed by atoms with Gasteiger partial charge in [-0.3, -0.25) is 4.79 Å². The van der Waals surface area contributed by atoms with E-state index in [1.165, 1.54) is 0 Å². The number of carbonyl (C=O) groups is 1. The zero-order chi connectivity index (χ0) is 15.3. The van der Waals surface area contributed by atoms with Crippen LogP contribution in [0.5, 0.6) is 0 Å². The summed E-state index contributed by atoms with van der Waals surface area (Å²) in [5.74, 6) is 1.81. The lowest BCUT2D eigenvalue weighted by Crippen LogP contribution is -2.03. The fraction of sp³-hybridized carbons (Fsp3) is 0.312. The monoisotopic (exact) mass is 367 g/mol. The standard InChI is InChI=1S/C16H15BrClNO2/c1-7-8(2)21-9(3)15(7)16(17)11-4-10-5-14(20)19-13(10)6-12(11)18/h4,6,16H,5H2,1-3H3,(H,19,20). The lowest BCUT2D eigenvalue weighted by atomic mass is 9.98. The molecule has 1 N–H and O–H groups in total.